The minimum Gasteiger partial charge on any atom is -0.272 e. The standard InChI is InChI=1S/C16H17N3O/c1-2-3-5-10-16(20)18-14-11-12-19(17-13-14)15-8-6-4-7-9-15/h3-9,11-13H,2,10H2,1H3/b5-3+,18-14-. The van der Waals surface area contributed by atoms with Gasteiger partial charge in [0.25, 0.3) is 0 Å². The summed E-state index contributed by atoms with van der Waals surface area (Å²) in [7, 11) is 0. The van der Waals surface area contributed by atoms with Gasteiger partial charge in [0.2, 0.25) is 5.91 Å². The van der Waals surface area contributed by atoms with E-state index in [1.807, 2.05) is 49.4 Å². The van der Waals surface area contributed by atoms with Crippen molar-refractivity contribution in [1.82, 2.24) is 9.78 Å². The molecule has 2 aromatic rings. The maximum Gasteiger partial charge on any atom is 0.250 e. The number of aromatic nitrogens is 2. The van der Waals surface area contributed by atoms with Crippen molar-refractivity contribution in [2.75, 3.05) is 0 Å². The van der Waals surface area contributed by atoms with Gasteiger partial charge in [0, 0.05) is 12.6 Å². The molecule has 0 N–H and O–H groups in total. The van der Waals surface area contributed by atoms with Crippen molar-refractivity contribution in [3.05, 3.63) is 66.3 Å². The van der Waals surface area contributed by atoms with Gasteiger partial charge in [0.1, 0.15) is 0 Å². The molecule has 1 heterocycles. The Morgan fingerprint density at radius 3 is 2.70 bits per heavy atom. The van der Waals surface area contributed by atoms with E-state index in [0.717, 1.165) is 12.1 Å². The molecule has 1 amide bonds. The van der Waals surface area contributed by atoms with Crippen LogP contribution in [0.25, 0.3) is 5.69 Å². The fourth-order valence-electron chi connectivity index (χ4n) is 1.69. The van der Waals surface area contributed by atoms with E-state index >= 15 is 0 Å². The van der Waals surface area contributed by atoms with Gasteiger partial charge >= 0.3 is 0 Å². The molecule has 1 aromatic carbocycles. The molecule has 0 unspecified atom stereocenters. The van der Waals surface area contributed by atoms with Crippen LogP contribution in [0.3, 0.4) is 0 Å². The van der Waals surface area contributed by atoms with Crippen LogP contribution in [-0.4, -0.2) is 15.7 Å². The van der Waals surface area contributed by atoms with Crippen LogP contribution >= 0.6 is 0 Å². The SMILES string of the molecule is CC/C=C/CC(=O)/N=c1/ccn(-c2ccccc2)nc1. The van der Waals surface area contributed by atoms with Gasteiger partial charge in [-0.05, 0) is 24.6 Å². The van der Waals surface area contributed by atoms with Crippen molar-refractivity contribution in [2.24, 2.45) is 4.99 Å². The minimum absolute atomic E-state index is 0.158. The number of allylic oxidation sites excluding steroid dienone is 1. The minimum atomic E-state index is -0.158. The fourth-order valence-corrected chi connectivity index (χ4v) is 1.69. The zero-order valence-electron chi connectivity index (χ0n) is 11.4. The fraction of sp³-hybridized carbons (Fsp3) is 0.188. The quantitative estimate of drug-likeness (QED) is 0.799. The highest BCUT2D eigenvalue weighted by molar-refractivity contribution is 5.78. The largest absolute Gasteiger partial charge is 0.272 e. The number of carbonyl (C=O) groups excluding carboxylic acids is 1. The van der Waals surface area contributed by atoms with E-state index in [1.54, 1.807) is 23.1 Å². The molecule has 1 aromatic heterocycles. The smallest absolute Gasteiger partial charge is 0.250 e. The summed E-state index contributed by atoms with van der Waals surface area (Å²) in [5.74, 6) is -0.158. The van der Waals surface area contributed by atoms with Crippen molar-refractivity contribution >= 4 is 5.91 Å². The molecule has 0 fully saturated rings. The Morgan fingerprint density at radius 1 is 1.25 bits per heavy atom. The molecule has 102 valence electrons. The lowest BCUT2D eigenvalue weighted by Gasteiger charge is -2.03. The van der Waals surface area contributed by atoms with E-state index in [4.69, 9.17) is 0 Å². The molecule has 0 saturated heterocycles. The van der Waals surface area contributed by atoms with Gasteiger partial charge in [-0.15, -0.1) is 0 Å². The van der Waals surface area contributed by atoms with Crippen LogP contribution in [0.15, 0.2) is 65.9 Å². The first kappa shape index (κ1) is 13.9. The second kappa shape index (κ2) is 7.19. The molecular formula is C16H17N3O. The normalized spacial score (nSPS) is 11.9. The molecule has 0 aliphatic rings. The summed E-state index contributed by atoms with van der Waals surface area (Å²) in [6.07, 6.45) is 8.45. The Hall–Kier alpha value is -2.49. The molecule has 0 bridgehead atoms. The second-order valence-corrected chi connectivity index (χ2v) is 4.25. The van der Waals surface area contributed by atoms with E-state index < -0.39 is 0 Å². The second-order valence-electron chi connectivity index (χ2n) is 4.25. The highest BCUT2D eigenvalue weighted by atomic mass is 16.1. The third-order valence-electron chi connectivity index (χ3n) is 2.67. The average Bonchev–Trinajstić information content (AvgIpc) is 2.49. The molecule has 2 rings (SSSR count). The van der Waals surface area contributed by atoms with Crippen LogP contribution < -0.4 is 5.36 Å². The summed E-state index contributed by atoms with van der Waals surface area (Å²) >= 11 is 0. The maximum absolute atomic E-state index is 11.6. The van der Waals surface area contributed by atoms with Crippen LogP contribution in [0.5, 0.6) is 0 Å². The van der Waals surface area contributed by atoms with Gasteiger partial charge in [-0.2, -0.15) is 5.10 Å². The van der Waals surface area contributed by atoms with E-state index in [2.05, 4.69) is 10.1 Å². The average molecular weight is 267 g/mol. The number of nitrogens with zero attached hydrogens (tertiary/aromatic N) is 3. The van der Waals surface area contributed by atoms with E-state index in [-0.39, 0.29) is 5.91 Å². The van der Waals surface area contributed by atoms with Gasteiger partial charge in [-0.25, -0.2) is 9.67 Å². The molecule has 0 saturated carbocycles. The number of rotatable bonds is 4. The van der Waals surface area contributed by atoms with Crippen LogP contribution in [0, 0.1) is 0 Å². The molecule has 0 radical (unpaired) electrons. The van der Waals surface area contributed by atoms with Gasteiger partial charge in [0.15, 0.2) is 0 Å². The Bertz CT molecular complexity index is 636. The van der Waals surface area contributed by atoms with Crippen molar-refractivity contribution in [2.45, 2.75) is 19.8 Å². The van der Waals surface area contributed by atoms with E-state index in [1.165, 1.54) is 0 Å². The molecule has 20 heavy (non-hydrogen) atoms. The third-order valence-corrected chi connectivity index (χ3v) is 2.67. The van der Waals surface area contributed by atoms with Crippen LogP contribution in [0.4, 0.5) is 0 Å². The summed E-state index contributed by atoms with van der Waals surface area (Å²) in [5, 5.41) is 4.83. The topological polar surface area (TPSA) is 47.2 Å². The lowest BCUT2D eigenvalue weighted by atomic mass is 10.3. The number of para-hydroxylation sites is 1. The number of amides is 1. The predicted octanol–water partition coefficient (Wildman–Crippen LogP) is 2.66. The number of hydrogen-bond acceptors (Lipinski definition) is 2. The summed E-state index contributed by atoms with van der Waals surface area (Å²) in [4.78, 5) is 15.6. The first-order valence-corrected chi connectivity index (χ1v) is 6.62. The first-order chi connectivity index (χ1) is 9.79. The maximum atomic E-state index is 11.6. The number of benzene rings is 1. The number of carbonyl (C=O) groups is 1. The summed E-state index contributed by atoms with van der Waals surface area (Å²) < 4.78 is 1.74. The lowest BCUT2D eigenvalue weighted by Crippen LogP contribution is -2.10. The Balaban J connectivity index is 2.12. The Morgan fingerprint density at radius 2 is 2.05 bits per heavy atom. The van der Waals surface area contributed by atoms with Gasteiger partial charge in [-0.1, -0.05) is 37.3 Å². The Labute approximate surface area is 118 Å². The Kier molecular flexibility index (Phi) is 5.00. The molecule has 0 atom stereocenters. The molecule has 0 aliphatic carbocycles. The lowest BCUT2D eigenvalue weighted by molar-refractivity contribution is -0.117. The van der Waals surface area contributed by atoms with Crippen molar-refractivity contribution in [3.63, 3.8) is 0 Å². The highest BCUT2D eigenvalue weighted by Crippen LogP contribution is 2.02. The molecule has 0 aliphatic heterocycles. The molecule has 4 nitrogen and oxygen atoms in total. The summed E-state index contributed by atoms with van der Waals surface area (Å²) in [5.41, 5.74) is 0.969. The van der Waals surface area contributed by atoms with E-state index in [9.17, 15) is 4.79 Å². The van der Waals surface area contributed by atoms with Crippen LogP contribution in [0.1, 0.15) is 19.8 Å². The van der Waals surface area contributed by atoms with Gasteiger partial charge in [0.05, 0.1) is 17.2 Å². The molecule has 4 heteroatoms. The summed E-state index contributed by atoms with van der Waals surface area (Å²) in [6.45, 7) is 2.03. The summed E-state index contributed by atoms with van der Waals surface area (Å²) in [6, 6.07) is 11.6. The van der Waals surface area contributed by atoms with Crippen LogP contribution in [0.2, 0.25) is 0 Å². The highest BCUT2D eigenvalue weighted by Gasteiger charge is 1.96. The molecular weight excluding hydrogens is 250 g/mol. The zero-order chi connectivity index (χ0) is 14.2. The predicted molar refractivity (Wildman–Crippen MR) is 78.2 cm³/mol. The zero-order valence-corrected chi connectivity index (χ0v) is 11.4. The monoisotopic (exact) mass is 267 g/mol. The van der Waals surface area contributed by atoms with Crippen molar-refractivity contribution in [1.29, 1.82) is 0 Å². The van der Waals surface area contributed by atoms with Crippen molar-refractivity contribution < 1.29 is 4.79 Å². The van der Waals surface area contributed by atoms with Crippen LogP contribution in [-0.2, 0) is 4.79 Å². The first-order valence-electron chi connectivity index (χ1n) is 6.62. The third kappa shape index (κ3) is 4.02. The van der Waals surface area contributed by atoms with E-state index in [0.29, 0.717) is 11.8 Å². The van der Waals surface area contributed by atoms with Gasteiger partial charge < -0.3 is 0 Å². The number of hydrogen-bond donors (Lipinski definition) is 0. The van der Waals surface area contributed by atoms with Crippen molar-refractivity contribution in [3.8, 4) is 5.69 Å². The van der Waals surface area contributed by atoms with Gasteiger partial charge in [-0.3, -0.25) is 4.79 Å². The molecule has 0 spiro atoms.